The van der Waals surface area contributed by atoms with E-state index in [9.17, 15) is 4.79 Å². The van der Waals surface area contributed by atoms with Gasteiger partial charge in [0.25, 0.3) is 0 Å². The number of amides is 1. The second-order valence-corrected chi connectivity index (χ2v) is 4.60. The minimum atomic E-state index is 0.174. The average Bonchev–Trinajstić information content (AvgIpc) is 1.89. The molecule has 0 saturated heterocycles. The molecule has 0 aliphatic rings. The number of unbranched alkanes of at least 4 members (excludes halogenated alkanes) is 1. The molecule has 0 aromatic heterocycles. The summed E-state index contributed by atoms with van der Waals surface area (Å²) in [6.07, 6.45) is 2.25. The van der Waals surface area contributed by atoms with Gasteiger partial charge in [0.05, 0.1) is 0 Å². The van der Waals surface area contributed by atoms with Gasteiger partial charge in [-0.2, -0.15) is 0 Å². The van der Waals surface area contributed by atoms with Gasteiger partial charge >= 0.3 is 68.4 Å². The first kappa shape index (κ1) is 9.99. The van der Waals surface area contributed by atoms with Crippen LogP contribution in [0.4, 0.5) is 4.79 Å². The molecule has 0 aromatic rings. The quantitative estimate of drug-likeness (QED) is 0.540. The molecule has 0 aliphatic heterocycles. The zero-order valence-corrected chi connectivity index (χ0v) is 8.36. The van der Waals surface area contributed by atoms with E-state index in [2.05, 4.69) is 12.2 Å². The van der Waals surface area contributed by atoms with Gasteiger partial charge in [-0.25, -0.2) is 0 Å². The Labute approximate surface area is 68.9 Å². The van der Waals surface area contributed by atoms with Gasteiger partial charge in [0.1, 0.15) is 0 Å². The Morgan fingerprint density at radius 2 is 2.20 bits per heavy atom. The average molecular weight is 208 g/mol. The predicted molar refractivity (Wildman–Crippen MR) is 44.5 cm³/mol. The third kappa shape index (κ3) is 6.11. The van der Waals surface area contributed by atoms with E-state index in [0.717, 1.165) is 24.7 Å². The Hall–Kier alpha value is -0.0105. The van der Waals surface area contributed by atoms with Crippen LogP contribution in [0.25, 0.3) is 0 Å². The van der Waals surface area contributed by atoms with Crippen LogP contribution in [0.1, 0.15) is 26.7 Å². The van der Waals surface area contributed by atoms with Crippen molar-refractivity contribution in [3.05, 3.63) is 0 Å². The van der Waals surface area contributed by atoms with Crippen LogP contribution in [0.2, 0.25) is 5.32 Å². The second-order valence-electron chi connectivity index (χ2n) is 2.00. The number of carbonyl (C=O) groups is 1. The summed E-state index contributed by atoms with van der Waals surface area (Å²) >= 11 is 0.174. The molecule has 0 atom stereocenters. The Bertz CT molecular complexity index is 95.6. The molecule has 0 rings (SSSR count). The fraction of sp³-hybridized carbons (Fsp3) is 0.857. The molecule has 1 amide bonds. The number of rotatable bonds is 5. The van der Waals surface area contributed by atoms with E-state index < -0.39 is 0 Å². The van der Waals surface area contributed by atoms with Crippen LogP contribution in [0, 0.1) is 0 Å². The van der Waals surface area contributed by atoms with Crippen LogP contribution in [-0.2, 0) is 0 Å². The SMILES string of the molecule is CCCCNC(=O)[Se]CC. The first-order chi connectivity index (χ1) is 4.81. The van der Waals surface area contributed by atoms with Gasteiger partial charge < -0.3 is 0 Å². The van der Waals surface area contributed by atoms with Crippen LogP contribution in [0.3, 0.4) is 0 Å². The molecule has 0 bridgehead atoms. The minimum absolute atomic E-state index is 0.174. The maximum absolute atomic E-state index is 10.8. The summed E-state index contributed by atoms with van der Waals surface area (Å²) in [6, 6.07) is 0. The molecule has 0 unspecified atom stereocenters. The van der Waals surface area contributed by atoms with Crippen molar-refractivity contribution in [3.8, 4) is 0 Å². The Balaban J connectivity index is 3.05. The van der Waals surface area contributed by atoms with E-state index >= 15 is 0 Å². The fourth-order valence-electron chi connectivity index (χ4n) is 0.549. The molecule has 0 saturated carbocycles. The Kier molecular flexibility index (Phi) is 7.09. The summed E-state index contributed by atoms with van der Waals surface area (Å²) < 4.78 is 0. The third-order valence-electron chi connectivity index (χ3n) is 1.08. The van der Waals surface area contributed by atoms with Crippen molar-refractivity contribution in [1.29, 1.82) is 0 Å². The molecule has 10 heavy (non-hydrogen) atoms. The number of carbonyl (C=O) groups excluding carboxylic acids is 1. The molecule has 0 aromatic carbocycles. The van der Waals surface area contributed by atoms with Crippen molar-refractivity contribution in [2.45, 2.75) is 32.0 Å². The molecular formula is C7H15NOSe. The van der Waals surface area contributed by atoms with Crippen LogP contribution in [-0.4, -0.2) is 26.3 Å². The fourth-order valence-corrected chi connectivity index (χ4v) is 1.53. The summed E-state index contributed by atoms with van der Waals surface area (Å²) in [7, 11) is 0. The molecule has 0 aliphatic carbocycles. The van der Waals surface area contributed by atoms with Crippen molar-refractivity contribution in [2.24, 2.45) is 0 Å². The van der Waals surface area contributed by atoms with Crippen molar-refractivity contribution in [2.75, 3.05) is 6.54 Å². The van der Waals surface area contributed by atoms with Crippen molar-refractivity contribution in [1.82, 2.24) is 5.32 Å². The molecule has 0 heterocycles. The zero-order valence-electron chi connectivity index (χ0n) is 6.64. The zero-order chi connectivity index (χ0) is 7.82. The van der Waals surface area contributed by atoms with Gasteiger partial charge in [0, 0.05) is 0 Å². The molecule has 0 fully saturated rings. The van der Waals surface area contributed by atoms with Crippen molar-refractivity contribution >= 4 is 19.8 Å². The van der Waals surface area contributed by atoms with Gasteiger partial charge in [0.2, 0.25) is 0 Å². The van der Waals surface area contributed by atoms with Crippen molar-refractivity contribution < 1.29 is 4.79 Å². The molecule has 3 heteroatoms. The number of hydrogen-bond acceptors (Lipinski definition) is 1. The van der Waals surface area contributed by atoms with Crippen LogP contribution in [0.5, 0.6) is 0 Å². The first-order valence-electron chi connectivity index (χ1n) is 3.71. The standard InChI is InChI=1S/C7H15NOSe/c1-3-5-6-8-7(9)10-4-2/h3-6H2,1-2H3,(H,8,9). The topological polar surface area (TPSA) is 29.1 Å². The first-order valence-corrected chi connectivity index (χ1v) is 5.78. The van der Waals surface area contributed by atoms with Gasteiger partial charge in [-0.1, -0.05) is 0 Å². The summed E-state index contributed by atoms with van der Waals surface area (Å²) in [5, 5.41) is 3.88. The Morgan fingerprint density at radius 1 is 1.50 bits per heavy atom. The summed E-state index contributed by atoms with van der Waals surface area (Å²) in [5.41, 5.74) is 0. The van der Waals surface area contributed by atoms with E-state index in [1.165, 1.54) is 0 Å². The van der Waals surface area contributed by atoms with E-state index in [1.807, 2.05) is 6.92 Å². The van der Waals surface area contributed by atoms with E-state index in [0.29, 0.717) is 0 Å². The summed E-state index contributed by atoms with van der Waals surface area (Å²) in [6.45, 7) is 5.02. The third-order valence-corrected chi connectivity index (χ3v) is 2.53. The molecule has 60 valence electrons. The second kappa shape index (κ2) is 7.10. The van der Waals surface area contributed by atoms with Gasteiger partial charge in [-0.3, -0.25) is 0 Å². The summed E-state index contributed by atoms with van der Waals surface area (Å²) in [4.78, 5) is 11.1. The molecule has 0 radical (unpaired) electrons. The number of nitrogens with one attached hydrogen (secondary N) is 1. The predicted octanol–water partition coefficient (Wildman–Crippen LogP) is 1.64. The van der Waals surface area contributed by atoms with Gasteiger partial charge in [-0.05, 0) is 0 Å². The molecule has 2 nitrogen and oxygen atoms in total. The number of hydrogen-bond donors (Lipinski definition) is 1. The molecular weight excluding hydrogens is 193 g/mol. The van der Waals surface area contributed by atoms with E-state index in [1.54, 1.807) is 0 Å². The van der Waals surface area contributed by atoms with Gasteiger partial charge in [0.15, 0.2) is 0 Å². The van der Waals surface area contributed by atoms with Crippen molar-refractivity contribution in [3.63, 3.8) is 0 Å². The molecule has 1 N–H and O–H groups in total. The molecule has 0 spiro atoms. The Morgan fingerprint density at radius 3 is 2.70 bits per heavy atom. The van der Waals surface area contributed by atoms with E-state index in [4.69, 9.17) is 0 Å². The van der Waals surface area contributed by atoms with Crippen LogP contribution < -0.4 is 5.32 Å². The van der Waals surface area contributed by atoms with Crippen LogP contribution >= 0.6 is 0 Å². The van der Waals surface area contributed by atoms with E-state index in [-0.39, 0.29) is 19.8 Å². The monoisotopic (exact) mass is 209 g/mol. The maximum atomic E-state index is 10.8. The normalized spacial score (nSPS) is 9.40. The van der Waals surface area contributed by atoms with Crippen LogP contribution in [0.15, 0.2) is 0 Å². The summed E-state index contributed by atoms with van der Waals surface area (Å²) in [5.74, 6) is 0. The van der Waals surface area contributed by atoms with Gasteiger partial charge in [-0.15, -0.1) is 0 Å².